The first-order chi connectivity index (χ1) is 4.88. The lowest BCUT2D eigenvalue weighted by atomic mass is 10.1. The van der Waals surface area contributed by atoms with Crippen LogP contribution in [0, 0.1) is 0 Å². The highest BCUT2D eigenvalue weighted by molar-refractivity contribution is 5.31. The molecule has 0 N–H and O–H groups in total. The SMILES string of the molecule is CC1CCc2cnccc21. The van der Waals surface area contributed by atoms with Gasteiger partial charge in [0.25, 0.3) is 0 Å². The van der Waals surface area contributed by atoms with Crippen molar-refractivity contribution in [2.24, 2.45) is 0 Å². The van der Waals surface area contributed by atoms with Crippen molar-refractivity contribution in [1.29, 1.82) is 0 Å². The van der Waals surface area contributed by atoms with Crippen LogP contribution < -0.4 is 0 Å². The van der Waals surface area contributed by atoms with Crippen LogP contribution in [-0.4, -0.2) is 4.98 Å². The second kappa shape index (κ2) is 2.08. The summed E-state index contributed by atoms with van der Waals surface area (Å²) < 4.78 is 0. The quantitative estimate of drug-likeness (QED) is 0.528. The van der Waals surface area contributed by atoms with Gasteiger partial charge in [-0.2, -0.15) is 0 Å². The third-order valence-electron chi connectivity index (χ3n) is 2.32. The van der Waals surface area contributed by atoms with Crippen molar-refractivity contribution in [3.8, 4) is 0 Å². The van der Waals surface area contributed by atoms with Gasteiger partial charge in [0.05, 0.1) is 0 Å². The fourth-order valence-corrected chi connectivity index (χ4v) is 1.66. The van der Waals surface area contributed by atoms with E-state index in [1.165, 1.54) is 24.0 Å². The third kappa shape index (κ3) is 0.737. The summed E-state index contributed by atoms with van der Waals surface area (Å²) in [6, 6.07) is 2.15. The zero-order valence-electron chi connectivity index (χ0n) is 6.17. The lowest BCUT2D eigenvalue weighted by Crippen LogP contribution is -1.85. The number of pyridine rings is 1. The fraction of sp³-hybridized carbons (Fsp3) is 0.444. The second-order valence-corrected chi connectivity index (χ2v) is 3.01. The molecule has 1 aromatic rings. The molecular formula is C9H11N. The Labute approximate surface area is 61.1 Å². The van der Waals surface area contributed by atoms with Gasteiger partial charge < -0.3 is 0 Å². The smallest absolute Gasteiger partial charge is 0.0302 e. The summed E-state index contributed by atoms with van der Waals surface area (Å²) in [6.07, 6.45) is 6.42. The van der Waals surface area contributed by atoms with Gasteiger partial charge in [0.15, 0.2) is 0 Å². The molecule has 0 aromatic carbocycles. The van der Waals surface area contributed by atoms with E-state index in [2.05, 4.69) is 18.0 Å². The monoisotopic (exact) mass is 133 g/mol. The molecule has 1 aliphatic rings. The predicted molar refractivity (Wildman–Crippen MR) is 41.0 cm³/mol. The summed E-state index contributed by atoms with van der Waals surface area (Å²) in [6.45, 7) is 2.28. The van der Waals surface area contributed by atoms with Crippen LogP contribution in [0.3, 0.4) is 0 Å². The van der Waals surface area contributed by atoms with Crippen LogP contribution in [0.25, 0.3) is 0 Å². The van der Waals surface area contributed by atoms with Crippen molar-refractivity contribution in [1.82, 2.24) is 4.98 Å². The molecule has 0 spiro atoms. The first kappa shape index (κ1) is 5.90. The molecule has 0 saturated heterocycles. The molecule has 1 aromatic heterocycles. The van der Waals surface area contributed by atoms with Crippen molar-refractivity contribution in [3.63, 3.8) is 0 Å². The first-order valence-corrected chi connectivity index (χ1v) is 3.80. The van der Waals surface area contributed by atoms with Crippen LogP contribution in [0.5, 0.6) is 0 Å². The molecule has 1 heterocycles. The van der Waals surface area contributed by atoms with Crippen LogP contribution in [-0.2, 0) is 6.42 Å². The third-order valence-corrected chi connectivity index (χ3v) is 2.32. The van der Waals surface area contributed by atoms with E-state index in [4.69, 9.17) is 0 Å². The maximum Gasteiger partial charge on any atom is 0.0302 e. The van der Waals surface area contributed by atoms with Crippen molar-refractivity contribution in [2.45, 2.75) is 25.7 Å². The standard InChI is InChI=1S/C9H11N/c1-7-2-3-8-6-10-5-4-9(7)8/h4-7H,2-3H2,1H3. The van der Waals surface area contributed by atoms with Gasteiger partial charge in [-0.05, 0) is 36.0 Å². The Kier molecular flexibility index (Phi) is 1.23. The minimum absolute atomic E-state index is 0.762. The molecule has 1 heteroatoms. The molecule has 0 bridgehead atoms. The topological polar surface area (TPSA) is 12.9 Å². The van der Waals surface area contributed by atoms with Gasteiger partial charge in [0, 0.05) is 12.4 Å². The van der Waals surface area contributed by atoms with Crippen molar-refractivity contribution >= 4 is 0 Å². The zero-order chi connectivity index (χ0) is 6.97. The van der Waals surface area contributed by atoms with Crippen LogP contribution in [0.4, 0.5) is 0 Å². The predicted octanol–water partition coefficient (Wildman–Crippen LogP) is 2.13. The molecular weight excluding hydrogens is 122 g/mol. The van der Waals surface area contributed by atoms with Crippen molar-refractivity contribution in [2.75, 3.05) is 0 Å². The lowest BCUT2D eigenvalue weighted by Gasteiger charge is -2.00. The van der Waals surface area contributed by atoms with E-state index >= 15 is 0 Å². The molecule has 0 fully saturated rings. The molecule has 0 saturated carbocycles. The molecule has 0 radical (unpaired) electrons. The van der Waals surface area contributed by atoms with E-state index < -0.39 is 0 Å². The Hall–Kier alpha value is -0.850. The van der Waals surface area contributed by atoms with Crippen LogP contribution in [0.1, 0.15) is 30.4 Å². The van der Waals surface area contributed by atoms with E-state index in [0.717, 1.165) is 5.92 Å². The van der Waals surface area contributed by atoms with Crippen LogP contribution in [0.2, 0.25) is 0 Å². The number of nitrogens with zero attached hydrogens (tertiary/aromatic N) is 1. The number of hydrogen-bond donors (Lipinski definition) is 0. The van der Waals surface area contributed by atoms with Gasteiger partial charge in [-0.25, -0.2) is 0 Å². The molecule has 0 aliphatic heterocycles. The Bertz CT molecular complexity index is 242. The van der Waals surface area contributed by atoms with Gasteiger partial charge in [-0.15, -0.1) is 0 Å². The van der Waals surface area contributed by atoms with Crippen LogP contribution >= 0.6 is 0 Å². The van der Waals surface area contributed by atoms with E-state index in [1.54, 1.807) is 0 Å². The molecule has 1 unspecified atom stereocenters. The van der Waals surface area contributed by atoms with Crippen molar-refractivity contribution < 1.29 is 0 Å². The lowest BCUT2D eigenvalue weighted by molar-refractivity contribution is 0.747. The van der Waals surface area contributed by atoms with Gasteiger partial charge in [-0.3, -0.25) is 4.98 Å². The molecule has 1 nitrogen and oxygen atoms in total. The van der Waals surface area contributed by atoms with Gasteiger partial charge in [0.1, 0.15) is 0 Å². The normalized spacial score (nSPS) is 22.7. The molecule has 1 atom stereocenters. The summed E-state index contributed by atoms with van der Waals surface area (Å²) in [5, 5.41) is 0. The Morgan fingerprint density at radius 2 is 2.50 bits per heavy atom. The average molecular weight is 133 g/mol. The summed E-state index contributed by atoms with van der Waals surface area (Å²) in [5.74, 6) is 0.762. The maximum absolute atomic E-state index is 4.09. The Balaban J connectivity index is 2.51. The highest BCUT2D eigenvalue weighted by Crippen LogP contribution is 2.30. The molecule has 1 aliphatic carbocycles. The van der Waals surface area contributed by atoms with E-state index in [1.807, 2.05) is 12.4 Å². The van der Waals surface area contributed by atoms with Gasteiger partial charge in [-0.1, -0.05) is 6.92 Å². The first-order valence-electron chi connectivity index (χ1n) is 3.80. The highest BCUT2D eigenvalue weighted by Gasteiger charge is 2.16. The minimum atomic E-state index is 0.762. The maximum atomic E-state index is 4.09. The van der Waals surface area contributed by atoms with E-state index in [-0.39, 0.29) is 0 Å². The molecule has 0 amide bonds. The van der Waals surface area contributed by atoms with Gasteiger partial charge in [0.2, 0.25) is 0 Å². The van der Waals surface area contributed by atoms with Crippen molar-refractivity contribution in [3.05, 3.63) is 29.6 Å². The Morgan fingerprint density at radius 1 is 1.60 bits per heavy atom. The Morgan fingerprint density at radius 3 is 3.30 bits per heavy atom. The minimum Gasteiger partial charge on any atom is -0.264 e. The number of rotatable bonds is 0. The van der Waals surface area contributed by atoms with E-state index in [0.29, 0.717) is 0 Å². The molecule has 10 heavy (non-hydrogen) atoms. The summed E-state index contributed by atoms with van der Waals surface area (Å²) in [5.41, 5.74) is 2.96. The number of aryl methyl sites for hydroxylation is 1. The summed E-state index contributed by atoms with van der Waals surface area (Å²) >= 11 is 0. The number of aromatic nitrogens is 1. The highest BCUT2D eigenvalue weighted by atomic mass is 14.6. The largest absolute Gasteiger partial charge is 0.264 e. The summed E-state index contributed by atoms with van der Waals surface area (Å²) in [7, 11) is 0. The number of hydrogen-bond acceptors (Lipinski definition) is 1. The fourth-order valence-electron chi connectivity index (χ4n) is 1.66. The number of fused-ring (bicyclic) bond motifs is 1. The average Bonchev–Trinajstić information content (AvgIpc) is 2.34. The summed E-state index contributed by atoms with van der Waals surface area (Å²) in [4.78, 5) is 4.09. The van der Waals surface area contributed by atoms with Gasteiger partial charge >= 0.3 is 0 Å². The zero-order valence-corrected chi connectivity index (χ0v) is 6.17. The second-order valence-electron chi connectivity index (χ2n) is 3.01. The molecule has 2 rings (SSSR count). The van der Waals surface area contributed by atoms with E-state index in [9.17, 15) is 0 Å². The van der Waals surface area contributed by atoms with Crippen LogP contribution in [0.15, 0.2) is 18.5 Å². The molecule has 52 valence electrons.